The second-order valence-electron chi connectivity index (χ2n) is 6.91. The normalized spacial score (nSPS) is 14.6. The molecule has 0 atom stereocenters. The van der Waals surface area contributed by atoms with Crippen LogP contribution >= 0.6 is 11.6 Å². The maximum Gasteiger partial charge on any atom is 0.255 e. The highest BCUT2D eigenvalue weighted by atomic mass is 35.5. The first-order valence-electron chi connectivity index (χ1n) is 8.81. The second-order valence-corrected chi connectivity index (χ2v) is 7.34. The fourth-order valence-corrected chi connectivity index (χ4v) is 3.49. The molecule has 4 rings (SSSR count). The standard InChI is InChI=1S/C20H21ClN4O/c1-13(2)24-9-10-25-18-8-7-16(11-17(18)23-19(25)12-24)22-20(26)14-3-5-15(21)6-4-14/h3-8,11,13H,9-10,12H2,1-2H3,(H,22,26). The van der Waals surface area contributed by atoms with Crippen molar-refractivity contribution in [3.8, 4) is 0 Å². The molecule has 1 amide bonds. The number of aromatic nitrogens is 2. The molecule has 1 N–H and O–H groups in total. The lowest BCUT2D eigenvalue weighted by Gasteiger charge is -2.30. The number of anilines is 1. The van der Waals surface area contributed by atoms with Crippen LogP contribution in [-0.2, 0) is 13.1 Å². The first kappa shape index (κ1) is 17.1. The van der Waals surface area contributed by atoms with Gasteiger partial charge in [-0.25, -0.2) is 4.98 Å². The van der Waals surface area contributed by atoms with Crippen LogP contribution in [0.2, 0.25) is 5.02 Å². The Bertz CT molecular complexity index is 962. The van der Waals surface area contributed by atoms with Gasteiger partial charge in [0, 0.05) is 35.4 Å². The molecule has 0 fully saturated rings. The van der Waals surface area contributed by atoms with E-state index < -0.39 is 0 Å². The van der Waals surface area contributed by atoms with Crippen molar-refractivity contribution in [1.82, 2.24) is 14.5 Å². The van der Waals surface area contributed by atoms with Crippen molar-refractivity contribution in [1.29, 1.82) is 0 Å². The number of nitrogens with one attached hydrogen (secondary N) is 1. The van der Waals surface area contributed by atoms with E-state index in [1.165, 1.54) is 0 Å². The SMILES string of the molecule is CC(C)N1CCn2c(nc3cc(NC(=O)c4ccc(Cl)cc4)ccc32)C1. The third kappa shape index (κ3) is 3.20. The van der Waals surface area contributed by atoms with E-state index in [-0.39, 0.29) is 5.91 Å². The molecule has 0 radical (unpaired) electrons. The van der Waals surface area contributed by atoms with Crippen LogP contribution in [0.15, 0.2) is 42.5 Å². The third-order valence-corrected chi connectivity index (χ3v) is 5.13. The van der Waals surface area contributed by atoms with Crippen LogP contribution in [0.25, 0.3) is 11.0 Å². The van der Waals surface area contributed by atoms with Crippen LogP contribution in [-0.4, -0.2) is 32.9 Å². The van der Waals surface area contributed by atoms with Crippen LogP contribution < -0.4 is 5.32 Å². The van der Waals surface area contributed by atoms with Crippen LogP contribution in [0.5, 0.6) is 0 Å². The molecule has 1 aliphatic heterocycles. The minimum atomic E-state index is -0.157. The van der Waals surface area contributed by atoms with Gasteiger partial charge in [0.15, 0.2) is 0 Å². The molecule has 1 aliphatic rings. The van der Waals surface area contributed by atoms with E-state index in [1.54, 1.807) is 24.3 Å². The Labute approximate surface area is 157 Å². The number of rotatable bonds is 3. The lowest BCUT2D eigenvalue weighted by Crippen LogP contribution is -2.38. The van der Waals surface area contributed by atoms with Gasteiger partial charge in [-0.05, 0) is 56.3 Å². The molecule has 2 aromatic carbocycles. The molecule has 0 spiro atoms. The van der Waals surface area contributed by atoms with Gasteiger partial charge in [-0.15, -0.1) is 0 Å². The summed E-state index contributed by atoms with van der Waals surface area (Å²) >= 11 is 5.88. The number of fused-ring (bicyclic) bond motifs is 3. The predicted molar refractivity (Wildman–Crippen MR) is 105 cm³/mol. The number of hydrogen-bond acceptors (Lipinski definition) is 3. The minimum absolute atomic E-state index is 0.157. The average Bonchev–Trinajstić information content (AvgIpc) is 2.98. The average molecular weight is 369 g/mol. The molecule has 0 bridgehead atoms. The van der Waals surface area contributed by atoms with Gasteiger partial charge in [-0.3, -0.25) is 9.69 Å². The van der Waals surface area contributed by atoms with Crippen LogP contribution in [0.4, 0.5) is 5.69 Å². The van der Waals surface area contributed by atoms with Crippen LogP contribution in [0, 0.1) is 0 Å². The Morgan fingerprint density at radius 1 is 1.15 bits per heavy atom. The van der Waals surface area contributed by atoms with E-state index in [0.29, 0.717) is 16.6 Å². The predicted octanol–water partition coefficient (Wildman–Crippen LogP) is 4.17. The van der Waals surface area contributed by atoms with Crippen molar-refractivity contribution >= 4 is 34.2 Å². The summed E-state index contributed by atoms with van der Waals surface area (Å²) in [5, 5.41) is 3.55. The lowest BCUT2D eigenvalue weighted by molar-refractivity contribution is 0.102. The molecule has 0 aliphatic carbocycles. The highest BCUT2D eigenvalue weighted by Gasteiger charge is 2.21. The summed E-state index contributed by atoms with van der Waals surface area (Å²) in [6.45, 7) is 7.26. The first-order valence-corrected chi connectivity index (χ1v) is 9.19. The molecule has 134 valence electrons. The van der Waals surface area contributed by atoms with Crippen LogP contribution in [0.3, 0.4) is 0 Å². The number of amides is 1. The van der Waals surface area contributed by atoms with Gasteiger partial charge < -0.3 is 9.88 Å². The molecule has 0 saturated heterocycles. The summed E-state index contributed by atoms with van der Waals surface area (Å²) < 4.78 is 2.28. The zero-order valence-corrected chi connectivity index (χ0v) is 15.6. The summed E-state index contributed by atoms with van der Waals surface area (Å²) in [5.74, 6) is 0.928. The van der Waals surface area contributed by atoms with Gasteiger partial charge in [-0.1, -0.05) is 11.6 Å². The number of benzene rings is 2. The van der Waals surface area contributed by atoms with Gasteiger partial charge in [0.25, 0.3) is 5.91 Å². The molecular weight excluding hydrogens is 348 g/mol. The quantitative estimate of drug-likeness (QED) is 0.755. The highest BCUT2D eigenvalue weighted by Crippen LogP contribution is 2.25. The van der Waals surface area contributed by atoms with Gasteiger partial charge in [0.1, 0.15) is 5.82 Å². The Kier molecular flexibility index (Phi) is 4.42. The van der Waals surface area contributed by atoms with E-state index in [2.05, 4.69) is 28.6 Å². The van der Waals surface area contributed by atoms with Crippen molar-refractivity contribution in [2.24, 2.45) is 0 Å². The molecule has 26 heavy (non-hydrogen) atoms. The number of hydrogen-bond donors (Lipinski definition) is 1. The molecule has 5 nitrogen and oxygen atoms in total. The summed E-state index contributed by atoms with van der Waals surface area (Å²) in [7, 11) is 0. The molecule has 2 heterocycles. The molecule has 0 unspecified atom stereocenters. The van der Waals surface area contributed by atoms with Crippen molar-refractivity contribution in [2.45, 2.75) is 33.0 Å². The molecule has 3 aromatic rings. The van der Waals surface area contributed by atoms with E-state index in [1.807, 2.05) is 18.2 Å². The smallest absolute Gasteiger partial charge is 0.255 e. The first-order chi connectivity index (χ1) is 12.5. The van der Waals surface area contributed by atoms with Gasteiger partial charge in [0.2, 0.25) is 0 Å². The Balaban J connectivity index is 1.58. The Hall–Kier alpha value is -2.37. The number of nitrogens with zero attached hydrogens (tertiary/aromatic N) is 3. The zero-order valence-electron chi connectivity index (χ0n) is 14.9. The fourth-order valence-electron chi connectivity index (χ4n) is 3.36. The van der Waals surface area contributed by atoms with Gasteiger partial charge in [-0.2, -0.15) is 0 Å². The molecule has 6 heteroatoms. The Morgan fingerprint density at radius 3 is 2.65 bits per heavy atom. The summed E-state index contributed by atoms with van der Waals surface area (Å²) in [4.78, 5) is 19.6. The maximum absolute atomic E-state index is 12.4. The van der Waals surface area contributed by atoms with Crippen molar-refractivity contribution in [3.05, 3.63) is 58.9 Å². The minimum Gasteiger partial charge on any atom is -0.326 e. The van der Waals surface area contributed by atoms with Crippen molar-refractivity contribution in [2.75, 3.05) is 11.9 Å². The van der Waals surface area contributed by atoms with Crippen molar-refractivity contribution < 1.29 is 4.79 Å². The summed E-state index contributed by atoms with van der Waals surface area (Å²) in [5.41, 5.74) is 3.35. The zero-order chi connectivity index (χ0) is 18.3. The second kappa shape index (κ2) is 6.74. The van der Waals surface area contributed by atoms with Crippen LogP contribution in [0.1, 0.15) is 30.0 Å². The molecule has 0 saturated carbocycles. The van der Waals surface area contributed by atoms with Gasteiger partial charge >= 0.3 is 0 Å². The van der Waals surface area contributed by atoms with E-state index >= 15 is 0 Å². The number of halogens is 1. The van der Waals surface area contributed by atoms with E-state index in [9.17, 15) is 4.79 Å². The number of carbonyl (C=O) groups excluding carboxylic acids is 1. The highest BCUT2D eigenvalue weighted by molar-refractivity contribution is 6.30. The molecular formula is C20H21ClN4O. The van der Waals surface area contributed by atoms with Gasteiger partial charge in [0.05, 0.1) is 17.6 Å². The summed E-state index contributed by atoms with van der Waals surface area (Å²) in [6.07, 6.45) is 0. The molecule has 1 aromatic heterocycles. The topological polar surface area (TPSA) is 50.2 Å². The summed E-state index contributed by atoms with van der Waals surface area (Å²) in [6, 6.07) is 13.3. The number of carbonyl (C=O) groups is 1. The van der Waals surface area contributed by atoms with E-state index in [4.69, 9.17) is 16.6 Å². The fraction of sp³-hybridized carbons (Fsp3) is 0.300. The van der Waals surface area contributed by atoms with E-state index in [0.717, 1.165) is 42.2 Å². The Morgan fingerprint density at radius 2 is 1.92 bits per heavy atom. The monoisotopic (exact) mass is 368 g/mol. The number of imidazole rings is 1. The van der Waals surface area contributed by atoms with Crippen molar-refractivity contribution in [3.63, 3.8) is 0 Å². The lowest BCUT2D eigenvalue weighted by atomic mass is 10.2. The third-order valence-electron chi connectivity index (χ3n) is 4.88. The maximum atomic E-state index is 12.4. The largest absolute Gasteiger partial charge is 0.326 e.